The zero-order chi connectivity index (χ0) is 20.2. The van der Waals surface area contributed by atoms with Gasteiger partial charge in [-0.2, -0.15) is 4.98 Å². The molecule has 5 heteroatoms. The Morgan fingerprint density at radius 3 is 2.48 bits per heavy atom. The van der Waals surface area contributed by atoms with Crippen molar-refractivity contribution < 1.29 is 9.21 Å². The molecule has 1 atom stereocenters. The zero-order valence-electron chi connectivity index (χ0n) is 17.2. The van der Waals surface area contributed by atoms with Gasteiger partial charge in [-0.1, -0.05) is 56.3 Å². The maximum Gasteiger partial charge on any atom is 0.298 e. The van der Waals surface area contributed by atoms with Gasteiger partial charge in [-0.05, 0) is 42.9 Å². The van der Waals surface area contributed by atoms with Gasteiger partial charge >= 0.3 is 0 Å². The normalized spacial score (nSPS) is 16.3. The monoisotopic (exact) mass is 391 g/mol. The van der Waals surface area contributed by atoms with Gasteiger partial charge in [-0.25, -0.2) is 0 Å². The van der Waals surface area contributed by atoms with E-state index in [0.29, 0.717) is 11.9 Å². The highest BCUT2D eigenvalue weighted by molar-refractivity contribution is 5.79. The molecule has 1 amide bonds. The van der Waals surface area contributed by atoms with Crippen molar-refractivity contribution in [3.8, 4) is 0 Å². The van der Waals surface area contributed by atoms with Gasteiger partial charge in [0.1, 0.15) is 5.52 Å². The number of nitrogens with zero attached hydrogens (tertiary/aromatic N) is 2. The van der Waals surface area contributed by atoms with E-state index in [-0.39, 0.29) is 17.9 Å². The first-order valence-corrected chi connectivity index (χ1v) is 10.6. The quantitative estimate of drug-likeness (QED) is 0.646. The number of aromatic nitrogens is 1. The number of benzene rings is 2. The number of carbonyl (C=O) groups excluding carboxylic acids is 1. The summed E-state index contributed by atoms with van der Waals surface area (Å²) < 4.78 is 5.88. The van der Waals surface area contributed by atoms with Crippen molar-refractivity contribution in [1.82, 2.24) is 10.3 Å². The van der Waals surface area contributed by atoms with E-state index in [2.05, 4.69) is 41.2 Å². The molecule has 152 valence electrons. The lowest BCUT2D eigenvalue weighted by molar-refractivity contribution is -0.126. The minimum atomic E-state index is 0.0361. The van der Waals surface area contributed by atoms with Gasteiger partial charge in [0.15, 0.2) is 5.58 Å². The SMILES string of the molecule is CC(C)CC(NC(=O)C1CCN(c2nc3ccccc3o2)CC1)c1ccccc1. The van der Waals surface area contributed by atoms with Gasteiger partial charge in [0.25, 0.3) is 6.01 Å². The number of amides is 1. The van der Waals surface area contributed by atoms with Crippen molar-refractivity contribution in [2.24, 2.45) is 11.8 Å². The number of fused-ring (bicyclic) bond motifs is 1. The summed E-state index contributed by atoms with van der Waals surface area (Å²) in [5.74, 6) is 0.715. The molecule has 0 aliphatic carbocycles. The molecule has 1 aliphatic rings. The summed E-state index contributed by atoms with van der Waals surface area (Å²) in [5.41, 5.74) is 2.86. The second kappa shape index (κ2) is 8.68. The molecule has 0 spiro atoms. The molecule has 1 N–H and O–H groups in total. The molecule has 4 rings (SSSR count). The predicted octanol–water partition coefficient (Wildman–Crippen LogP) is 4.95. The van der Waals surface area contributed by atoms with E-state index in [4.69, 9.17) is 4.42 Å². The summed E-state index contributed by atoms with van der Waals surface area (Å²) >= 11 is 0. The zero-order valence-corrected chi connectivity index (χ0v) is 17.2. The van der Waals surface area contributed by atoms with Gasteiger partial charge in [-0.15, -0.1) is 0 Å². The van der Waals surface area contributed by atoms with Crippen LogP contribution in [-0.2, 0) is 4.79 Å². The number of hydrogen-bond acceptors (Lipinski definition) is 4. The summed E-state index contributed by atoms with van der Waals surface area (Å²) in [5, 5.41) is 3.31. The molecule has 1 aromatic heterocycles. The van der Waals surface area contributed by atoms with Crippen LogP contribution in [0.2, 0.25) is 0 Å². The Balaban J connectivity index is 1.37. The van der Waals surface area contributed by atoms with Crippen LogP contribution in [0.5, 0.6) is 0 Å². The highest BCUT2D eigenvalue weighted by atomic mass is 16.4. The van der Waals surface area contributed by atoms with Gasteiger partial charge in [-0.3, -0.25) is 4.79 Å². The van der Waals surface area contributed by atoms with E-state index in [1.165, 1.54) is 5.56 Å². The molecule has 1 unspecified atom stereocenters. The van der Waals surface area contributed by atoms with Gasteiger partial charge in [0.2, 0.25) is 5.91 Å². The fourth-order valence-corrected chi connectivity index (χ4v) is 4.05. The molecule has 1 aliphatic heterocycles. The maximum atomic E-state index is 13.0. The van der Waals surface area contributed by atoms with Crippen molar-refractivity contribution >= 4 is 23.0 Å². The average molecular weight is 392 g/mol. The largest absolute Gasteiger partial charge is 0.423 e. The van der Waals surface area contributed by atoms with Crippen LogP contribution in [0.1, 0.15) is 44.7 Å². The first-order chi connectivity index (χ1) is 14.1. The second-order valence-corrected chi connectivity index (χ2v) is 8.33. The number of piperidine rings is 1. The van der Waals surface area contributed by atoms with Crippen LogP contribution in [0.25, 0.3) is 11.1 Å². The van der Waals surface area contributed by atoms with Crippen molar-refractivity contribution in [3.63, 3.8) is 0 Å². The molecule has 3 aromatic rings. The number of para-hydroxylation sites is 2. The van der Waals surface area contributed by atoms with E-state index < -0.39 is 0 Å². The molecule has 29 heavy (non-hydrogen) atoms. The first-order valence-electron chi connectivity index (χ1n) is 10.6. The van der Waals surface area contributed by atoms with Crippen LogP contribution in [0, 0.1) is 11.8 Å². The van der Waals surface area contributed by atoms with Crippen molar-refractivity contribution in [2.45, 2.75) is 39.2 Å². The lowest BCUT2D eigenvalue weighted by atomic mass is 9.93. The topological polar surface area (TPSA) is 58.4 Å². The van der Waals surface area contributed by atoms with E-state index in [1.54, 1.807) is 0 Å². The molecule has 2 heterocycles. The summed E-state index contributed by atoms with van der Waals surface area (Å²) in [6.07, 6.45) is 2.57. The highest BCUT2D eigenvalue weighted by Crippen LogP contribution is 2.28. The molecule has 1 fully saturated rings. The summed E-state index contributed by atoms with van der Waals surface area (Å²) in [6.45, 7) is 5.96. The van der Waals surface area contributed by atoms with Gasteiger partial charge in [0.05, 0.1) is 6.04 Å². The van der Waals surface area contributed by atoms with E-state index in [9.17, 15) is 4.79 Å². The van der Waals surface area contributed by atoms with Crippen LogP contribution in [0.3, 0.4) is 0 Å². The standard InChI is InChI=1S/C24H29N3O2/c1-17(2)16-21(18-8-4-3-5-9-18)25-23(28)19-12-14-27(15-13-19)24-26-20-10-6-7-11-22(20)29-24/h3-11,17,19,21H,12-16H2,1-2H3,(H,25,28). The average Bonchev–Trinajstić information content (AvgIpc) is 3.18. The van der Waals surface area contributed by atoms with Crippen LogP contribution >= 0.6 is 0 Å². The number of nitrogens with one attached hydrogen (secondary N) is 1. The van der Waals surface area contributed by atoms with Crippen molar-refractivity contribution in [3.05, 3.63) is 60.2 Å². The van der Waals surface area contributed by atoms with Crippen LogP contribution < -0.4 is 10.2 Å². The van der Waals surface area contributed by atoms with E-state index in [0.717, 1.165) is 43.5 Å². The summed E-state index contributed by atoms with van der Waals surface area (Å²) in [7, 11) is 0. The third kappa shape index (κ3) is 4.61. The van der Waals surface area contributed by atoms with E-state index in [1.807, 2.05) is 42.5 Å². The Morgan fingerprint density at radius 2 is 1.79 bits per heavy atom. The third-order valence-corrected chi connectivity index (χ3v) is 5.64. The van der Waals surface area contributed by atoms with Crippen LogP contribution in [0.15, 0.2) is 59.0 Å². The number of rotatable bonds is 6. The fourth-order valence-electron chi connectivity index (χ4n) is 4.05. The summed E-state index contributed by atoms with van der Waals surface area (Å²) in [4.78, 5) is 19.7. The minimum absolute atomic E-state index is 0.0361. The number of carbonyl (C=O) groups is 1. The van der Waals surface area contributed by atoms with Crippen LogP contribution in [-0.4, -0.2) is 24.0 Å². The lowest BCUT2D eigenvalue weighted by Crippen LogP contribution is -2.42. The molecule has 0 radical (unpaired) electrons. The van der Waals surface area contributed by atoms with Crippen LogP contribution in [0.4, 0.5) is 6.01 Å². The van der Waals surface area contributed by atoms with Crippen molar-refractivity contribution in [1.29, 1.82) is 0 Å². The molecular weight excluding hydrogens is 362 g/mol. The Morgan fingerprint density at radius 1 is 1.10 bits per heavy atom. The molecule has 5 nitrogen and oxygen atoms in total. The Hall–Kier alpha value is -2.82. The number of hydrogen-bond donors (Lipinski definition) is 1. The molecule has 1 saturated heterocycles. The highest BCUT2D eigenvalue weighted by Gasteiger charge is 2.28. The van der Waals surface area contributed by atoms with E-state index >= 15 is 0 Å². The van der Waals surface area contributed by atoms with Gasteiger partial charge in [0, 0.05) is 19.0 Å². The maximum absolute atomic E-state index is 13.0. The first kappa shape index (κ1) is 19.5. The Bertz CT molecular complexity index is 910. The van der Waals surface area contributed by atoms with Crippen molar-refractivity contribution in [2.75, 3.05) is 18.0 Å². The fraction of sp³-hybridized carbons (Fsp3) is 0.417. The van der Waals surface area contributed by atoms with Gasteiger partial charge < -0.3 is 14.6 Å². The molecular formula is C24H29N3O2. The smallest absolute Gasteiger partial charge is 0.298 e. The summed E-state index contributed by atoms with van der Waals surface area (Å²) in [6, 6.07) is 18.8. The number of oxazole rings is 1. The molecule has 2 aromatic carbocycles. The Labute approximate surface area is 172 Å². The predicted molar refractivity (Wildman–Crippen MR) is 116 cm³/mol. The lowest BCUT2D eigenvalue weighted by Gasteiger charge is -2.31. The molecule has 0 saturated carbocycles. The number of anilines is 1. The Kier molecular flexibility index (Phi) is 5.84. The molecule has 0 bridgehead atoms. The minimum Gasteiger partial charge on any atom is -0.423 e. The second-order valence-electron chi connectivity index (χ2n) is 8.33. The third-order valence-electron chi connectivity index (χ3n) is 5.64.